The molecule has 0 saturated carbocycles. The number of carbonyl (C=O) groups is 3. The van der Waals surface area contributed by atoms with Crippen molar-refractivity contribution in [3.05, 3.63) is 99.5 Å². The summed E-state index contributed by atoms with van der Waals surface area (Å²) in [6.07, 6.45) is 0. The lowest BCUT2D eigenvalue weighted by Gasteiger charge is -2.19. The van der Waals surface area contributed by atoms with Gasteiger partial charge in [-0.3, -0.25) is 9.59 Å². The first-order chi connectivity index (χ1) is 15.8. The first kappa shape index (κ1) is 24.3. The van der Waals surface area contributed by atoms with Crippen LogP contribution in [0.5, 0.6) is 0 Å². The van der Waals surface area contributed by atoms with Crippen LogP contribution in [0, 0.1) is 0 Å². The van der Waals surface area contributed by atoms with Crippen LogP contribution in [-0.2, 0) is 9.53 Å². The molecule has 8 heteroatoms. The second kappa shape index (κ2) is 11.0. The van der Waals surface area contributed by atoms with Crippen LogP contribution in [0.1, 0.15) is 39.2 Å². The van der Waals surface area contributed by atoms with E-state index < -0.39 is 24.5 Å². The molecule has 0 saturated heterocycles. The maximum Gasteiger partial charge on any atom is 0.339 e. The van der Waals surface area contributed by atoms with Gasteiger partial charge in [0.15, 0.2) is 6.61 Å². The highest BCUT2D eigenvalue weighted by Gasteiger charge is 2.22. The molecule has 3 aromatic carbocycles. The Kier molecular flexibility index (Phi) is 8.09. The molecule has 0 heterocycles. The minimum Gasteiger partial charge on any atom is -0.452 e. The highest BCUT2D eigenvalue weighted by molar-refractivity contribution is 6.35. The highest BCUT2D eigenvalue weighted by atomic mass is 35.5. The summed E-state index contributed by atoms with van der Waals surface area (Å²) in [6, 6.07) is 19.9. The van der Waals surface area contributed by atoms with E-state index in [9.17, 15) is 14.4 Å². The summed E-state index contributed by atoms with van der Waals surface area (Å²) in [5, 5.41) is 3.63. The van der Waals surface area contributed by atoms with E-state index in [0.29, 0.717) is 21.3 Å². The topological polar surface area (TPSA) is 75.7 Å². The van der Waals surface area contributed by atoms with Crippen LogP contribution >= 0.6 is 23.2 Å². The number of amides is 2. The summed E-state index contributed by atoms with van der Waals surface area (Å²) in [6.45, 7) is 1.24. The second-order valence-corrected chi connectivity index (χ2v) is 8.12. The first-order valence-electron chi connectivity index (χ1n) is 10.1. The number of nitrogens with zero attached hydrogens (tertiary/aromatic N) is 1. The highest BCUT2D eigenvalue weighted by Crippen LogP contribution is 2.26. The van der Waals surface area contributed by atoms with Crippen molar-refractivity contribution in [3.8, 4) is 0 Å². The average Bonchev–Trinajstić information content (AvgIpc) is 2.82. The van der Waals surface area contributed by atoms with Gasteiger partial charge >= 0.3 is 5.97 Å². The van der Waals surface area contributed by atoms with E-state index >= 15 is 0 Å². The molecule has 0 bridgehead atoms. The van der Waals surface area contributed by atoms with Crippen LogP contribution in [0.3, 0.4) is 0 Å². The molecular weight excluding hydrogens is 463 g/mol. The predicted octanol–water partition coefficient (Wildman–Crippen LogP) is 5.30. The zero-order valence-corrected chi connectivity index (χ0v) is 19.6. The van der Waals surface area contributed by atoms with Crippen molar-refractivity contribution in [1.82, 2.24) is 5.32 Å². The fraction of sp³-hybridized carbons (Fsp3) is 0.160. The molecule has 33 heavy (non-hydrogen) atoms. The van der Waals surface area contributed by atoms with Crippen LogP contribution < -0.4 is 10.2 Å². The van der Waals surface area contributed by atoms with Gasteiger partial charge in [-0.2, -0.15) is 0 Å². The largest absolute Gasteiger partial charge is 0.452 e. The lowest BCUT2D eigenvalue weighted by atomic mass is 10.1. The molecule has 0 spiro atoms. The summed E-state index contributed by atoms with van der Waals surface area (Å²) in [5.41, 5.74) is 1.61. The van der Waals surface area contributed by atoms with Gasteiger partial charge in [0, 0.05) is 22.8 Å². The molecule has 0 aromatic heterocycles. The number of esters is 1. The van der Waals surface area contributed by atoms with Gasteiger partial charge in [-0.05, 0) is 48.9 Å². The smallest absolute Gasteiger partial charge is 0.339 e. The van der Waals surface area contributed by atoms with Gasteiger partial charge in [0.2, 0.25) is 0 Å². The van der Waals surface area contributed by atoms with Gasteiger partial charge in [-0.15, -0.1) is 0 Å². The van der Waals surface area contributed by atoms with Gasteiger partial charge in [0.25, 0.3) is 11.8 Å². The number of rotatable bonds is 7. The number of carbonyl (C=O) groups excluding carboxylic acids is 3. The normalized spacial score (nSPS) is 11.4. The Bertz CT molecular complexity index is 1170. The van der Waals surface area contributed by atoms with Gasteiger partial charge in [0.1, 0.15) is 0 Å². The van der Waals surface area contributed by atoms with Crippen LogP contribution in [0.25, 0.3) is 0 Å². The first-order valence-corrected chi connectivity index (χ1v) is 10.9. The van der Waals surface area contributed by atoms with E-state index in [1.165, 1.54) is 11.0 Å². The van der Waals surface area contributed by atoms with Gasteiger partial charge in [-0.1, -0.05) is 59.6 Å². The minimum atomic E-state index is -0.771. The maximum absolute atomic E-state index is 13.0. The van der Waals surface area contributed by atoms with Crippen molar-refractivity contribution in [2.24, 2.45) is 0 Å². The van der Waals surface area contributed by atoms with Crippen LogP contribution in [0.2, 0.25) is 10.0 Å². The molecule has 1 atom stereocenters. The molecule has 3 aromatic rings. The number of hydrogen-bond donors (Lipinski definition) is 1. The Morgan fingerprint density at radius 2 is 1.58 bits per heavy atom. The third-order valence-electron chi connectivity index (χ3n) is 4.97. The van der Waals surface area contributed by atoms with Crippen molar-refractivity contribution in [2.75, 3.05) is 18.6 Å². The quantitative estimate of drug-likeness (QED) is 0.461. The second-order valence-electron chi connectivity index (χ2n) is 7.28. The maximum atomic E-state index is 13.0. The molecule has 3 rings (SSSR count). The standard InChI is InChI=1S/C25H22Cl2N2O4/c1-16(19-13-12-17(26)14-22(19)27)28-23(30)15-33-25(32)21-11-7-6-10-20(21)24(31)29(2)18-8-4-3-5-9-18/h3-14,16H,15H2,1-2H3,(H,28,30). The number of ether oxygens (including phenoxy) is 1. The van der Waals surface area contributed by atoms with Crippen LogP contribution in [0.4, 0.5) is 5.69 Å². The summed E-state index contributed by atoms with van der Waals surface area (Å²) < 4.78 is 5.18. The average molecular weight is 485 g/mol. The van der Waals surface area contributed by atoms with Crippen LogP contribution in [-0.4, -0.2) is 31.4 Å². The van der Waals surface area contributed by atoms with Crippen molar-refractivity contribution < 1.29 is 19.1 Å². The monoisotopic (exact) mass is 484 g/mol. The number of hydrogen-bond acceptors (Lipinski definition) is 4. The Morgan fingerprint density at radius 1 is 0.939 bits per heavy atom. The number of halogens is 2. The summed E-state index contributed by atoms with van der Waals surface area (Å²) in [5.74, 6) is -1.65. The molecule has 0 aliphatic carbocycles. The lowest BCUT2D eigenvalue weighted by molar-refractivity contribution is -0.124. The summed E-state index contributed by atoms with van der Waals surface area (Å²) in [7, 11) is 1.62. The molecule has 0 radical (unpaired) electrons. The number of para-hydroxylation sites is 1. The number of anilines is 1. The fourth-order valence-electron chi connectivity index (χ4n) is 3.22. The van der Waals surface area contributed by atoms with E-state index in [0.717, 1.165) is 0 Å². The third-order valence-corrected chi connectivity index (χ3v) is 5.53. The lowest BCUT2D eigenvalue weighted by Crippen LogP contribution is -2.32. The molecule has 1 N–H and O–H groups in total. The Labute approximate surface area is 202 Å². The molecular formula is C25H22Cl2N2O4. The fourth-order valence-corrected chi connectivity index (χ4v) is 3.79. The SMILES string of the molecule is CC(NC(=O)COC(=O)c1ccccc1C(=O)N(C)c1ccccc1)c1ccc(Cl)cc1Cl. The summed E-state index contributed by atoms with van der Waals surface area (Å²) in [4.78, 5) is 39.4. The van der Waals surface area contributed by atoms with Crippen molar-refractivity contribution in [1.29, 1.82) is 0 Å². The van der Waals surface area contributed by atoms with Crippen molar-refractivity contribution in [3.63, 3.8) is 0 Å². The Balaban J connectivity index is 1.65. The van der Waals surface area contributed by atoms with E-state index in [1.807, 2.05) is 18.2 Å². The third kappa shape index (κ3) is 6.12. The van der Waals surface area contributed by atoms with Gasteiger partial charge in [0.05, 0.1) is 17.2 Å². The molecule has 1 unspecified atom stereocenters. The zero-order valence-electron chi connectivity index (χ0n) is 18.0. The Hall–Kier alpha value is -3.35. The number of benzene rings is 3. The van der Waals surface area contributed by atoms with Crippen molar-refractivity contribution in [2.45, 2.75) is 13.0 Å². The van der Waals surface area contributed by atoms with Crippen LogP contribution in [0.15, 0.2) is 72.8 Å². The van der Waals surface area contributed by atoms with E-state index in [4.69, 9.17) is 27.9 Å². The number of nitrogens with one attached hydrogen (secondary N) is 1. The Morgan fingerprint density at radius 3 is 2.24 bits per heavy atom. The van der Waals surface area contributed by atoms with E-state index in [-0.39, 0.29) is 17.0 Å². The van der Waals surface area contributed by atoms with Gasteiger partial charge < -0.3 is 15.0 Å². The minimum absolute atomic E-state index is 0.0758. The zero-order chi connectivity index (χ0) is 24.0. The predicted molar refractivity (Wildman–Crippen MR) is 129 cm³/mol. The molecule has 0 fully saturated rings. The summed E-state index contributed by atoms with van der Waals surface area (Å²) >= 11 is 12.1. The molecule has 170 valence electrons. The molecule has 0 aliphatic rings. The molecule has 6 nitrogen and oxygen atoms in total. The molecule has 0 aliphatic heterocycles. The van der Waals surface area contributed by atoms with Crippen molar-refractivity contribution >= 4 is 46.7 Å². The van der Waals surface area contributed by atoms with E-state index in [1.54, 1.807) is 62.5 Å². The van der Waals surface area contributed by atoms with E-state index in [2.05, 4.69) is 5.32 Å². The van der Waals surface area contributed by atoms with Gasteiger partial charge in [-0.25, -0.2) is 4.79 Å². The molecule has 2 amide bonds.